The van der Waals surface area contributed by atoms with Gasteiger partial charge in [-0.1, -0.05) is 5.16 Å². The van der Waals surface area contributed by atoms with E-state index in [-0.39, 0.29) is 18.3 Å². The molecule has 1 N–H and O–H groups in total. The van der Waals surface area contributed by atoms with E-state index in [1.54, 1.807) is 0 Å². The third kappa shape index (κ3) is 5.51. The minimum Gasteiger partial charge on any atom is -0.455 e. The monoisotopic (exact) mass is 403 g/mol. The number of benzene rings is 1. The van der Waals surface area contributed by atoms with Gasteiger partial charge in [-0.25, -0.2) is 0 Å². The highest BCUT2D eigenvalue weighted by Crippen LogP contribution is 2.22. The third-order valence-electron chi connectivity index (χ3n) is 4.63. The summed E-state index contributed by atoms with van der Waals surface area (Å²) in [6.45, 7) is 5.58. The lowest BCUT2D eigenvalue weighted by atomic mass is 10.2. The molecule has 0 bridgehead atoms. The lowest BCUT2D eigenvalue weighted by molar-refractivity contribution is -0.144. The van der Waals surface area contributed by atoms with Gasteiger partial charge in [-0.15, -0.1) is 11.8 Å². The Morgan fingerprint density at radius 2 is 1.93 bits per heavy atom. The molecule has 1 aliphatic rings. The van der Waals surface area contributed by atoms with Crippen molar-refractivity contribution in [2.75, 3.05) is 35.7 Å². The number of nitrogens with zero attached hydrogens (tertiary/aromatic N) is 2. The predicted molar refractivity (Wildman–Crippen MR) is 110 cm³/mol. The summed E-state index contributed by atoms with van der Waals surface area (Å²) in [7, 11) is 0. The first-order valence-electron chi connectivity index (χ1n) is 9.33. The number of hydrogen-bond acceptors (Lipinski definition) is 7. The fraction of sp³-hybridized carbons (Fsp3) is 0.450. The first-order chi connectivity index (χ1) is 13.5. The number of rotatable bonds is 8. The molecule has 1 aromatic carbocycles. The van der Waals surface area contributed by atoms with Gasteiger partial charge in [0.05, 0.1) is 11.4 Å². The number of thioether (sulfide) groups is 1. The van der Waals surface area contributed by atoms with Crippen LogP contribution in [-0.4, -0.2) is 42.5 Å². The lowest BCUT2D eigenvalue weighted by Gasteiger charge is -2.17. The van der Waals surface area contributed by atoms with Crippen molar-refractivity contribution in [1.82, 2.24) is 5.16 Å². The van der Waals surface area contributed by atoms with Gasteiger partial charge in [0.25, 0.3) is 5.91 Å². The number of aromatic nitrogens is 1. The topological polar surface area (TPSA) is 84.7 Å². The van der Waals surface area contributed by atoms with Gasteiger partial charge in [0.15, 0.2) is 6.61 Å². The molecule has 2 heterocycles. The molecule has 150 valence electrons. The maximum atomic E-state index is 12.0. The smallest absolute Gasteiger partial charge is 0.316 e. The van der Waals surface area contributed by atoms with E-state index in [2.05, 4.69) is 15.4 Å². The van der Waals surface area contributed by atoms with E-state index >= 15 is 0 Å². The van der Waals surface area contributed by atoms with Crippen LogP contribution >= 0.6 is 11.8 Å². The SMILES string of the molecule is Cc1noc(C)c1CSCC(=O)OCC(=O)Nc1ccc(N2CCCC2)cc1. The van der Waals surface area contributed by atoms with Crippen molar-refractivity contribution >= 4 is 35.0 Å². The molecule has 0 aliphatic carbocycles. The molecule has 1 saturated heterocycles. The Kier molecular flexibility index (Phi) is 6.97. The van der Waals surface area contributed by atoms with Gasteiger partial charge in [-0.3, -0.25) is 9.59 Å². The summed E-state index contributed by atoms with van der Waals surface area (Å²) in [5.74, 6) is 0.774. The highest BCUT2D eigenvalue weighted by Gasteiger charge is 2.13. The van der Waals surface area contributed by atoms with Crippen LogP contribution in [0, 0.1) is 13.8 Å². The van der Waals surface area contributed by atoms with E-state index in [0.717, 1.165) is 35.8 Å². The van der Waals surface area contributed by atoms with Crippen molar-refractivity contribution in [3.05, 3.63) is 41.3 Å². The Morgan fingerprint density at radius 3 is 2.57 bits per heavy atom. The van der Waals surface area contributed by atoms with Crippen LogP contribution in [0.3, 0.4) is 0 Å². The van der Waals surface area contributed by atoms with E-state index in [0.29, 0.717) is 11.4 Å². The van der Waals surface area contributed by atoms with Crippen molar-refractivity contribution in [3.8, 4) is 0 Å². The van der Waals surface area contributed by atoms with Crippen molar-refractivity contribution < 1.29 is 18.8 Å². The van der Waals surface area contributed by atoms with Crippen molar-refractivity contribution in [2.45, 2.75) is 32.4 Å². The van der Waals surface area contributed by atoms with E-state index in [9.17, 15) is 9.59 Å². The van der Waals surface area contributed by atoms with Gasteiger partial charge >= 0.3 is 5.97 Å². The number of nitrogens with one attached hydrogen (secondary N) is 1. The maximum absolute atomic E-state index is 12.0. The molecule has 0 spiro atoms. The van der Waals surface area contributed by atoms with E-state index < -0.39 is 5.97 Å². The van der Waals surface area contributed by atoms with Crippen molar-refractivity contribution in [2.24, 2.45) is 0 Å². The van der Waals surface area contributed by atoms with Crippen LogP contribution in [0.1, 0.15) is 29.9 Å². The van der Waals surface area contributed by atoms with E-state index in [1.807, 2.05) is 38.1 Å². The van der Waals surface area contributed by atoms with Gasteiger partial charge in [0, 0.05) is 35.8 Å². The van der Waals surface area contributed by atoms with Crippen LogP contribution < -0.4 is 10.2 Å². The number of carbonyl (C=O) groups excluding carboxylic acids is 2. The number of amides is 1. The Balaban J connectivity index is 1.36. The van der Waals surface area contributed by atoms with Gasteiger partial charge in [-0.05, 0) is 51.0 Å². The first kappa shape index (κ1) is 20.3. The molecule has 7 nitrogen and oxygen atoms in total. The zero-order valence-corrected chi connectivity index (χ0v) is 17.0. The number of aryl methyl sites for hydroxylation is 2. The lowest BCUT2D eigenvalue weighted by Crippen LogP contribution is -2.22. The van der Waals surface area contributed by atoms with Gasteiger partial charge in [-0.2, -0.15) is 0 Å². The van der Waals surface area contributed by atoms with E-state index in [1.165, 1.54) is 24.6 Å². The normalized spacial score (nSPS) is 13.6. The number of hydrogen-bond donors (Lipinski definition) is 1. The van der Waals surface area contributed by atoms with Crippen LogP contribution in [0.5, 0.6) is 0 Å². The van der Waals surface area contributed by atoms with Crippen LogP contribution in [0.4, 0.5) is 11.4 Å². The Bertz CT molecular complexity index is 794. The molecule has 0 radical (unpaired) electrons. The zero-order chi connectivity index (χ0) is 19.9. The Hall–Kier alpha value is -2.48. The fourth-order valence-corrected chi connectivity index (χ4v) is 4.03. The van der Waals surface area contributed by atoms with Crippen molar-refractivity contribution in [1.29, 1.82) is 0 Å². The van der Waals surface area contributed by atoms with Gasteiger partial charge < -0.3 is 19.5 Å². The summed E-state index contributed by atoms with van der Waals surface area (Å²) >= 11 is 1.41. The number of ether oxygens (including phenoxy) is 1. The average Bonchev–Trinajstić information content (AvgIpc) is 3.33. The average molecular weight is 404 g/mol. The molecule has 1 fully saturated rings. The summed E-state index contributed by atoms with van der Waals surface area (Å²) < 4.78 is 10.1. The Morgan fingerprint density at radius 1 is 1.21 bits per heavy atom. The molecule has 0 unspecified atom stereocenters. The van der Waals surface area contributed by atoms with Crippen LogP contribution in [0.15, 0.2) is 28.8 Å². The summed E-state index contributed by atoms with van der Waals surface area (Å²) in [5, 5.41) is 6.63. The highest BCUT2D eigenvalue weighted by atomic mass is 32.2. The molecule has 3 rings (SSSR count). The van der Waals surface area contributed by atoms with Crippen molar-refractivity contribution in [3.63, 3.8) is 0 Å². The fourth-order valence-electron chi connectivity index (χ4n) is 3.06. The summed E-state index contributed by atoms with van der Waals surface area (Å²) in [6.07, 6.45) is 2.45. The summed E-state index contributed by atoms with van der Waals surface area (Å²) in [4.78, 5) is 26.1. The molecule has 0 atom stereocenters. The number of esters is 1. The minimum atomic E-state index is -0.420. The number of carbonyl (C=O) groups is 2. The molecule has 2 aromatic rings. The minimum absolute atomic E-state index is 0.169. The molecular weight excluding hydrogens is 378 g/mol. The largest absolute Gasteiger partial charge is 0.455 e. The van der Waals surface area contributed by atoms with Crippen LogP contribution in [0.2, 0.25) is 0 Å². The second-order valence-corrected chi connectivity index (χ2v) is 7.73. The molecular formula is C20H25N3O4S. The zero-order valence-electron chi connectivity index (χ0n) is 16.2. The molecule has 1 aromatic heterocycles. The second-order valence-electron chi connectivity index (χ2n) is 6.75. The molecule has 1 amide bonds. The predicted octanol–water partition coefficient (Wildman–Crippen LogP) is 3.31. The van der Waals surface area contributed by atoms with Gasteiger partial charge in [0.2, 0.25) is 0 Å². The van der Waals surface area contributed by atoms with Gasteiger partial charge in [0.1, 0.15) is 5.76 Å². The molecule has 0 saturated carbocycles. The van der Waals surface area contributed by atoms with Crippen LogP contribution in [-0.2, 0) is 20.1 Å². The Labute approximate surface area is 168 Å². The third-order valence-corrected chi connectivity index (χ3v) is 5.57. The second kappa shape index (κ2) is 9.64. The molecule has 28 heavy (non-hydrogen) atoms. The number of anilines is 2. The standard InChI is InChI=1S/C20H25N3O4S/c1-14-18(15(2)27-22-14)12-28-13-20(25)26-11-19(24)21-16-5-7-17(8-6-16)23-9-3-4-10-23/h5-8H,3-4,9-13H2,1-2H3,(H,21,24). The van der Waals surface area contributed by atoms with Crippen LogP contribution in [0.25, 0.3) is 0 Å². The molecule has 8 heteroatoms. The quantitative estimate of drug-likeness (QED) is 0.677. The molecule has 1 aliphatic heterocycles. The van der Waals surface area contributed by atoms with E-state index in [4.69, 9.17) is 9.26 Å². The summed E-state index contributed by atoms with van der Waals surface area (Å²) in [5.41, 5.74) is 3.68. The first-order valence-corrected chi connectivity index (χ1v) is 10.5. The maximum Gasteiger partial charge on any atom is 0.316 e. The summed E-state index contributed by atoms with van der Waals surface area (Å²) in [6, 6.07) is 7.73. The highest BCUT2D eigenvalue weighted by molar-refractivity contribution is 7.99.